The second kappa shape index (κ2) is 7.17. The Labute approximate surface area is 146 Å². The molecule has 1 saturated heterocycles. The van der Waals surface area contributed by atoms with Gasteiger partial charge in [-0.1, -0.05) is 24.3 Å². The largest absolute Gasteiger partial charge is 0.379 e. The van der Waals surface area contributed by atoms with Crippen LogP contribution in [0, 0.1) is 0 Å². The van der Waals surface area contributed by atoms with Crippen molar-refractivity contribution in [2.24, 2.45) is 0 Å². The first-order valence-electron chi connectivity index (χ1n) is 8.67. The van der Waals surface area contributed by atoms with Gasteiger partial charge in [-0.2, -0.15) is 9.78 Å². The van der Waals surface area contributed by atoms with Crippen LogP contribution in [0.1, 0.15) is 5.56 Å². The fourth-order valence-electron chi connectivity index (χ4n) is 3.23. The molecule has 5 nitrogen and oxygen atoms in total. The first-order chi connectivity index (χ1) is 12.3. The van der Waals surface area contributed by atoms with E-state index in [2.05, 4.69) is 34.3 Å². The van der Waals surface area contributed by atoms with Crippen LogP contribution in [0.4, 0.5) is 0 Å². The second-order valence-corrected chi connectivity index (χ2v) is 6.34. The average Bonchev–Trinajstić information content (AvgIpc) is 2.67. The molecule has 25 heavy (non-hydrogen) atoms. The number of benzene rings is 2. The van der Waals surface area contributed by atoms with Crippen molar-refractivity contribution in [1.29, 1.82) is 0 Å². The molecule has 1 aliphatic heterocycles. The minimum absolute atomic E-state index is 0.121. The quantitative estimate of drug-likeness (QED) is 0.734. The molecule has 0 radical (unpaired) electrons. The summed E-state index contributed by atoms with van der Waals surface area (Å²) in [4.78, 5) is 14.4. The third-order valence-corrected chi connectivity index (χ3v) is 4.67. The lowest BCUT2D eigenvalue weighted by atomic mass is 10.0. The van der Waals surface area contributed by atoms with Crippen molar-refractivity contribution in [3.05, 3.63) is 70.6 Å². The van der Waals surface area contributed by atoms with Crippen LogP contribution in [0.3, 0.4) is 0 Å². The summed E-state index contributed by atoms with van der Waals surface area (Å²) in [5.74, 6) is 0. The Hall–Kier alpha value is -2.50. The Bertz CT molecular complexity index is 929. The molecule has 1 aliphatic rings. The van der Waals surface area contributed by atoms with Crippen molar-refractivity contribution in [2.75, 3.05) is 32.8 Å². The van der Waals surface area contributed by atoms with Gasteiger partial charge in [0.25, 0.3) is 5.56 Å². The first kappa shape index (κ1) is 16.0. The molecule has 5 heteroatoms. The molecule has 0 atom stereocenters. The normalized spacial score (nSPS) is 15.5. The highest BCUT2D eigenvalue weighted by Gasteiger charge is 2.10. The van der Waals surface area contributed by atoms with E-state index in [1.165, 1.54) is 21.7 Å². The number of ether oxygens (including phenoxy) is 1. The van der Waals surface area contributed by atoms with Gasteiger partial charge in [0.15, 0.2) is 0 Å². The molecule has 0 aliphatic carbocycles. The molecule has 0 amide bonds. The van der Waals surface area contributed by atoms with Gasteiger partial charge >= 0.3 is 0 Å². The van der Waals surface area contributed by atoms with Gasteiger partial charge < -0.3 is 4.74 Å². The fraction of sp³-hybridized carbons (Fsp3) is 0.300. The van der Waals surface area contributed by atoms with Gasteiger partial charge in [-0.05, 0) is 41.0 Å². The van der Waals surface area contributed by atoms with Crippen molar-refractivity contribution >= 4 is 10.8 Å². The minimum Gasteiger partial charge on any atom is -0.379 e. The van der Waals surface area contributed by atoms with Gasteiger partial charge in [-0.3, -0.25) is 9.69 Å². The van der Waals surface area contributed by atoms with Crippen LogP contribution in [0.2, 0.25) is 0 Å². The van der Waals surface area contributed by atoms with E-state index in [0.717, 1.165) is 50.3 Å². The summed E-state index contributed by atoms with van der Waals surface area (Å²) < 4.78 is 6.82. The van der Waals surface area contributed by atoms with Crippen LogP contribution in [0.25, 0.3) is 16.5 Å². The lowest BCUT2D eigenvalue weighted by Crippen LogP contribution is -2.37. The number of nitrogens with zero attached hydrogens (tertiary/aromatic N) is 3. The highest BCUT2D eigenvalue weighted by molar-refractivity contribution is 5.85. The zero-order valence-corrected chi connectivity index (χ0v) is 14.1. The number of hydrogen-bond donors (Lipinski definition) is 0. The molecule has 1 aromatic heterocycles. The Kier molecular flexibility index (Phi) is 4.59. The molecule has 2 aromatic carbocycles. The fourth-order valence-corrected chi connectivity index (χ4v) is 3.23. The predicted molar refractivity (Wildman–Crippen MR) is 98.3 cm³/mol. The zero-order valence-electron chi connectivity index (χ0n) is 14.1. The number of rotatable bonds is 4. The monoisotopic (exact) mass is 335 g/mol. The number of morpholine rings is 1. The Morgan fingerprint density at radius 1 is 1.00 bits per heavy atom. The van der Waals surface area contributed by atoms with Crippen molar-refractivity contribution in [2.45, 2.75) is 6.42 Å². The molecular formula is C20H21N3O2. The molecule has 0 bridgehead atoms. The van der Waals surface area contributed by atoms with Gasteiger partial charge in [0, 0.05) is 31.9 Å². The molecule has 0 saturated carbocycles. The maximum Gasteiger partial charge on any atom is 0.271 e. The Morgan fingerprint density at radius 3 is 2.64 bits per heavy atom. The molecule has 0 N–H and O–H groups in total. The third-order valence-electron chi connectivity index (χ3n) is 4.67. The lowest BCUT2D eigenvalue weighted by molar-refractivity contribution is 0.0384. The number of hydrogen-bond acceptors (Lipinski definition) is 4. The van der Waals surface area contributed by atoms with Gasteiger partial charge in [-0.25, -0.2) is 0 Å². The van der Waals surface area contributed by atoms with E-state index >= 15 is 0 Å². The number of aromatic nitrogens is 2. The van der Waals surface area contributed by atoms with Crippen LogP contribution < -0.4 is 5.56 Å². The first-order valence-corrected chi connectivity index (χ1v) is 8.67. The molecule has 1 fully saturated rings. The standard InChI is InChI=1S/C20H21N3O2/c24-20-2-1-8-21-23(20)19-6-5-17-14-16(3-4-18(17)15-19)7-9-22-10-12-25-13-11-22/h1-6,8,14-15H,7,9-13H2. The van der Waals surface area contributed by atoms with Gasteiger partial charge in [0.1, 0.15) is 0 Å². The van der Waals surface area contributed by atoms with E-state index in [1.54, 1.807) is 12.3 Å². The summed E-state index contributed by atoms with van der Waals surface area (Å²) in [7, 11) is 0. The molecule has 2 heterocycles. The van der Waals surface area contributed by atoms with Crippen LogP contribution in [0.5, 0.6) is 0 Å². The number of fused-ring (bicyclic) bond motifs is 1. The van der Waals surface area contributed by atoms with Crippen molar-refractivity contribution in [1.82, 2.24) is 14.7 Å². The summed E-state index contributed by atoms with van der Waals surface area (Å²) in [6.45, 7) is 4.79. The lowest BCUT2D eigenvalue weighted by Gasteiger charge is -2.26. The van der Waals surface area contributed by atoms with Crippen LogP contribution in [-0.2, 0) is 11.2 Å². The third kappa shape index (κ3) is 3.62. The van der Waals surface area contributed by atoms with E-state index < -0.39 is 0 Å². The average molecular weight is 335 g/mol. The molecular weight excluding hydrogens is 314 g/mol. The molecule has 0 spiro atoms. The maximum absolute atomic E-state index is 11.9. The van der Waals surface area contributed by atoms with Crippen LogP contribution in [0.15, 0.2) is 59.5 Å². The summed E-state index contributed by atoms with van der Waals surface area (Å²) in [6, 6.07) is 15.7. The van der Waals surface area contributed by atoms with E-state index in [0.29, 0.717) is 0 Å². The Balaban J connectivity index is 1.54. The van der Waals surface area contributed by atoms with Crippen molar-refractivity contribution < 1.29 is 4.74 Å². The second-order valence-electron chi connectivity index (χ2n) is 6.34. The molecule has 128 valence electrons. The van der Waals surface area contributed by atoms with Gasteiger partial charge in [0.05, 0.1) is 18.9 Å². The molecule has 4 rings (SSSR count). The van der Waals surface area contributed by atoms with Crippen molar-refractivity contribution in [3.8, 4) is 5.69 Å². The highest BCUT2D eigenvalue weighted by atomic mass is 16.5. The van der Waals surface area contributed by atoms with E-state index in [4.69, 9.17) is 4.74 Å². The van der Waals surface area contributed by atoms with E-state index in [-0.39, 0.29) is 5.56 Å². The zero-order chi connectivity index (χ0) is 17.1. The maximum atomic E-state index is 11.9. The van der Waals surface area contributed by atoms with Crippen LogP contribution >= 0.6 is 0 Å². The van der Waals surface area contributed by atoms with Gasteiger partial charge in [-0.15, -0.1) is 0 Å². The highest BCUT2D eigenvalue weighted by Crippen LogP contribution is 2.20. The van der Waals surface area contributed by atoms with E-state index in [9.17, 15) is 4.79 Å². The Morgan fingerprint density at radius 2 is 1.80 bits per heavy atom. The summed E-state index contributed by atoms with van der Waals surface area (Å²) >= 11 is 0. The SMILES string of the molecule is O=c1cccnn1-c1ccc2cc(CCN3CCOCC3)ccc2c1. The summed E-state index contributed by atoms with van der Waals surface area (Å²) in [5, 5.41) is 6.45. The minimum atomic E-state index is -0.121. The van der Waals surface area contributed by atoms with E-state index in [1.807, 2.05) is 12.1 Å². The van der Waals surface area contributed by atoms with Gasteiger partial charge in [0.2, 0.25) is 0 Å². The smallest absolute Gasteiger partial charge is 0.271 e. The molecule has 3 aromatic rings. The molecule has 0 unspecified atom stereocenters. The summed E-state index contributed by atoms with van der Waals surface area (Å²) in [5.41, 5.74) is 2.00. The van der Waals surface area contributed by atoms with Crippen molar-refractivity contribution in [3.63, 3.8) is 0 Å². The van der Waals surface area contributed by atoms with Crippen LogP contribution in [-0.4, -0.2) is 47.5 Å². The summed E-state index contributed by atoms with van der Waals surface area (Å²) in [6.07, 6.45) is 2.66. The topological polar surface area (TPSA) is 47.4 Å². The predicted octanol–water partition coefficient (Wildman–Crippen LogP) is 2.26.